The smallest absolute Gasteiger partial charge is 0.227 e. The number of nitrogens with zero attached hydrogens (tertiary/aromatic N) is 3. The monoisotopic (exact) mass is 302 g/mol. The number of aromatic nitrogens is 2. The number of nitrogens with one attached hydrogen (secondary N) is 1. The average Bonchev–Trinajstić information content (AvgIpc) is 2.99. The van der Waals surface area contributed by atoms with Gasteiger partial charge in [0.1, 0.15) is 0 Å². The van der Waals surface area contributed by atoms with Crippen molar-refractivity contribution in [1.29, 1.82) is 0 Å². The summed E-state index contributed by atoms with van der Waals surface area (Å²) in [6.07, 6.45) is 1.76. The first-order valence-corrected chi connectivity index (χ1v) is 7.44. The Kier molecular flexibility index (Phi) is 6.09. The third-order valence-corrected chi connectivity index (χ3v) is 3.17. The van der Waals surface area contributed by atoms with Crippen LogP contribution in [0.4, 0.5) is 0 Å². The summed E-state index contributed by atoms with van der Waals surface area (Å²) in [6, 6.07) is 9.63. The number of amides is 1. The third kappa shape index (κ3) is 5.29. The first-order valence-electron chi connectivity index (χ1n) is 7.44. The highest BCUT2D eigenvalue weighted by atomic mass is 16.5. The van der Waals surface area contributed by atoms with Gasteiger partial charge in [-0.25, -0.2) is 0 Å². The van der Waals surface area contributed by atoms with Gasteiger partial charge in [0.2, 0.25) is 17.6 Å². The van der Waals surface area contributed by atoms with E-state index in [-0.39, 0.29) is 5.91 Å². The van der Waals surface area contributed by atoms with Crippen LogP contribution in [-0.2, 0) is 11.2 Å². The van der Waals surface area contributed by atoms with E-state index in [1.807, 2.05) is 44.4 Å². The lowest BCUT2D eigenvalue weighted by atomic mass is 10.2. The molecule has 0 fully saturated rings. The molecule has 0 saturated carbocycles. The van der Waals surface area contributed by atoms with E-state index in [1.165, 1.54) is 0 Å². The maximum atomic E-state index is 11.7. The maximum Gasteiger partial charge on any atom is 0.227 e. The second-order valence-corrected chi connectivity index (χ2v) is 5.38. The zero-order valence-electron chi connectivity index (χ0n) is 13.1. The number of aryl methyl sites for hydroxylation is 1. The molecule has 0 bridgehead atoms. The zero-order chi connectivity index (χ0) is 15.8. The summed E-state index contributed by atoms with van der Waals surface area (Å²) in [5, 5.41) is 6.83. The highest BCUT2D eigenvalue weighted by molar-refractivity contribution is 5.75. The topological polar surface area (TPSA) is 71.3 Å². The van der Waals surface area contributed by atoms with Crippen molar-refractivity contribution in [3.05, 3.63) is 36.2 Å². The van der Waals surface area contributed by atoms with Gasteiger partial charge in [0.25, 0.3) is 0 Å². The Bertz CT molecular complexity index is 581. The minimum atomic E-state index is 0.0122. The predicted octanol–water partition coefficient (Wildman–Crippen LogP) is 1.74. The minimum absolute atomic E-state index is 0.0122. The second kappa shape index (κ2) is 8.29. The summed E-state index contributed by atoms with van der Waals surface area (Å²) in [6.45, 7) is 1.65. The number of rotatable bonds is 8. The Morgan fingerprint density at radius 1 is 1.27 bits per heavy atom. The van der Waals surface area contributed by atoms with Gasteiger partial charge in [-0.05, 0) is 27.1 Å². The van der Waals surface area contributed by atoms with Gasteiger partial charge < -0.3 is 14.7 Å². The summed E-state index contributed by atoms with van der Waals surface area (Å²) < 4.78 is 5.18. The molecule has 0 unspecified atom stereocenters. The molecule has 1 aromatic carbocycles. The summed E-state index contributed by atoms with van der Waals surface area (Å²) in [5.74, 6) is 1.06. The number of carbonyl (C=O) groups is 1. The molecule has 118 valence electrons. The van der Waals surface area contributed by atoms with Gasteiger partial charge in [0.05, 0.1) is 0 Å². The van der Waals surface area contributed by atoms with E-state index in [9.17, 15) is 4.79 Å². The van der Waals surface area contributed by atoms with E-state index in [0.29, 0.717) is 31.1 Å². The lowest BCUT2D eigenvalue weighted by molar-refractivity contribution is -0.121. The number of hydrogen-bond donors (Lipinski definition) is 1. The lowest BCUT2D eigenvalue weighted by Crippen LogP contribution is -2.27. The zero-order valence-corrected chi connectivity index (χ0v) is 13.1. The fraction of sp³-hybridized carbons (Fsp3) is 0.438. The van der Waals surface area contributed by atoms with Crippen LogP contribution in [0, 0.1) is 0 Å². The standard InChI is InChI=1S/C16H22N4O2/c1-20(2)12-6-11-17-14(21)9-10-15-18-16(19-22-15)13-7-4-3-5-8-13/h3-5,7-8H,6,9-12H2,1-2H3,(H,17,21). The fourth-order valence-electron chi connectivity index (χ4n) is 1.99. The molecule has 2 rings (SSSR count). The maximum absolute atomic E-state index is 11.7. The van der Waals surface area contributed by atoms with E-state index >= 15 is 0 Å². The Balaban J connectivity index is 1.73. The van der Waals surface area contributed by atoms with Crippen molar-refractivity contribution in [2.24, 2.45) is 0 Å². The summed E-state index contributed by atoms with van der Waals surface area (Å²) in [5.41, 5.74) is 0.908. The van der Waals surface area contributed by atoms with Crippen LogP contribution < -0.4 is 5.32 Å². The Morgan fingerprint density at radius 2 is 2.05 bits per heavy atom. The van der Waals surface area contributed by atoms with Crippen molar-refractivity contribution < 1.29 is 9.32 Å². The first-order chi connectivity index (χ1) is 10.6. The van der Waals surface area contributed by atoms with Crippen LogP contribution in [0.3, 0.4) is 0 Å². The summed E-state index contributed by atoms with van der Waals surface area (Å²) in [7, 11) is 4.03. The predicted molar refractivity (Wildman–Crippen MR) is 84.2 cm³/mol. The minimum Gasteiger partial charge on any atom is -0.356 e. The van der Waals surface area contributed by atoms with E-state index in [2.05, 4.69) is 20.4 Å². The van der Waals surface area contributed by atoms with Crippen LogP contribution in [0.5, 0.6) is 0 Å². The molecule has 1 N–H and O–H groups in total. The van der Waals surface area contributed by atoms with Gasteiger partial charge in [-0.3, -0.25) is 4.79 Å². The largest absolute Gasteiger partial charge is 0.356 e. The second-order valence-electron chi connectivity index (χ2n) is 5.38. The molecule has 1 amide bonds. The molecule has 1 aromatic heterocycles. The highest BCUT2D eigenvalue weighted by Crippen LogP contribution is 2.15. The molecule has 0 saturated heterocycles. The van der Waals surface area contributed by atoms with E-state index in [1.54, 1.807) is 0 Å². The van der Waals surface area contributed by atoms with Crippen LogP contribution in [-0.4, -0.2) is 48.1 Å². The Labute approximate surface area is 130 Å². The van der Waals surface area contributed by atoms with Crippen molar-refractivity contribution in [3.8, 4) is 11.4 Å². The molecule has 1 heterocycles. The van der Waals surface area contributed by atoms with Crippen molar-refractivity contribution >= 4 is 5.91 Å². The van der Waals surface area contributed by atoms with Gasteiger partial charge in [-0.2, -0.15) is 4.98 Å². The molecule has 0 aliphatic heterocycles. The molecule has 0 radical (unpaired) electrons. The van der Waals surface area contributed by atoms with Gasteiger partial charge in [-0.1, -0.05) is 35.5 Å². The molecule has 0 spiro atoms. The lowest BCUT2D eigenvalue weighted by Gasteiger charge is -2.09. The van der Waals surface area contributed by atoms with Crippen molar-refractivity contribution in [3.63, 3.8) is 0 Å². The molecule has 0 aliphatic rings. The first kappa shape index (κ1) is 16.2. The number of hydrogen-bond acceptors (Lipinski definition) is 5. The normalized spacial score (nSPS) is 10.9. The fourth-order valence-corrected chi connectivity index (χ4v) is 1.99. The molecular formula is C16H22N4O2. The quantitative estimate of drug-likeness (QED) is 0.752. The summed E-state index contributed by atoms with van der Waals surface area (Å²) in [4.78, 5) is 18.1. The van der Waals surface area contributed by atoms with Crippen LogP contribution in [0.1, 0.15) is 18.7 Å². The van der Waals surface area contributed by atoms with Crippen LogP contribution >= 0.6 is 0 Å². The van der Waals surface area contributed by atoms with Crippen molar-refractivity contribution in [2.45, 2.75) is 19.3 Å². The van der Waals surface area contributed by atoms with Crippen LogP contribution in [0.2, 0.25) is 0 Å². The SMILES string of the molecule is CN(C)CCCNC(=O)CCc1nc(-c2ccccc2)no1. The number of benzene rings is 1. The highest BCUT2D eigenvalue weighted by Gasteiger charge is 2.10. The Hall–Kier alpha value is -2.21. The molecule has 6 heteroatoms. The van der Waals surface area contributed by atoms with E-state index < -0.39 is 0 Å². The van der Waals surface area contributed by atoms with E-state index in [4.69, 9.17) is 4.52 Å². The van der Waals surface area contributed by atoms with Crippen LogP contribution in [0.25, 0.3) is 11.4 Å². The van der Waals surface area contributed by atoms with Crippen molar-refractivity contribution in [1.82, 2.24) is 20.4 Å². The van der Waals surface area contributed by atoms with Gasteiger partial charge in [0, 0.05) is 24.9 Å². The Morgan fingerprint density at radius 3 is 2.77 bits per heavy atom. The van der Waals surface area contributed by atoms with Gasteiger partial charge in [-0.15, -0.1) is 0 Å². The van der Waals surface area contributed by atoms with Gasteiger partial charge in [0.15, 0.2) is 0 Å². The van der Waals surface area contributed by atoms with Crippen LogP contribution in [0.15, 0.2) is 34.9 Å². The molecule has 22 heavy (non-hydrogen) atoms. The molecular weight excluding hydrogens is 280 g/mol. The average molecular weight is 302 g/mol. The summed E-state index contributed by atoms with van der Waals surface area (Å²) >= 11 is 0. The van der Waals surface area contributed by atoms with Gasteiger partial charge >= 0.3 is 0 Å². The van der Waals surface area contributed by atoms with E-state index in [0.717, 1.165) is 18.5 Å². The molecule has 0 aliphatic carbocycles. The molecule has 6 nitrogen and oxygen atoms in total. The molecule has 2 aromatic rings. The molecule has 0 atom stereocenters. The third-order valence-electron chi connectivity index (χ3n) is 3.17. The van der Waals surface area contributed by atoms with Crippen molar-refractivity contribution in [2.75, 3.05) is 27.2 Å². The number of carbonyl (C=O) groups excluding carboxylic acids is 1.